The van der Waals surface area contributed by atoms with Crippen LogP contribution in [0.2, 0.25) is 0 Å². The summed E-state index contributed by atoms with van der Waals surface area (Å²) in [5.74, 6) is 0.00713. The summed E-state index contributed by atoms with van der Waals surface area (Å²) in [6, 6.07) is 7.54. The van der Waals surface area contributed by atoms with Crippen molar-refractivity contribution in [2.24, 2.45) is 0 Å². The van der Waals surface area contributed by atoms with Crippen LogP contribution < -0.4 is 5.56 Å². The molecule has 1 amide bonds. The van der Waals surface area contributed by atoms with Crippen LogP contribution in [0.5, 0.6) is 0 Å². The summed E-state index contributed by atoms with van der Waals surface area (Å²) >= 11 is 0. The molecular weight excluding hydrogens is 242 g/mol. The van der Waals surface area contributed by atoms with Gasteiger partial charge >= 0.3 is 0 Å². The van der Waals surface area contributed by atoms with E-state index >= 15 is 0 Å². The molecule has 0 spiro atoms. The zero-order chi connectivity index (χ0) is 13.4. The molecule has 1 aliphatic rings. The number of hydrogen-bond acceptors (Lipinski definition) is 2. The first-order valence-electron chi connectivity index (χ1n) is 6.29. The fourth-order valence-corrected chi connectivity index (χ4v) is 2.39. The highest BCUT2D eigenvalue weighted by atomic mass is 16.2. The molecule has 2 heterocycles. The Morgan fingerprint density at radius 2 is 1.95 bits per heavy atom. The maximum absolute atomic E-state index is 12.4. The molecule has 2 aromatic rings. The Bertz CT molecular complexity index is 667. The minimum Gasteiger partial charge on any atom is -0.332 e. The van der Waals surface area contributed by atoms with Crippen molar-refractivity contribution >= 4 is 5.91 Å². The standard InChI is InChI=1S/C14H15N3O2/c1-9-2-4-10(5-3-9)14(19)17-7-6-11-12(8-17)15-16-13(11)18/h2-5H,6-8H2,1H3,(H2,15,16,18). The minimum absolute atomic E-state index is 0.00713. The molecule has 0 fully saturated rings. The predicted octanol–water partition coefficient (Wildman–Crippen LogP) is 1.21. The van der Waals surface area contributed by atoms with E-state index in [4.69, 9.17) is 0 Å². The number of H-pyrrole nitrogens is 2. The summed E-state index contributed by atoms with van der Waals surface area (Å²) in [6.45, 7) is 3.04. The summed E-state index contributed by atoms with van der Waals surface area (Å²) in [7, 11) is 0. The predicted molar refractivity (Wildman–Crippen MR) is 71.0 cm³/mol. The van der Waals surface area contributed by atoms with Gasteiger partial charge in [0.1, 0.15) is 0 Å². The number of fused-ring (bicyclic) bond motifs is 1. The largest absolute Gasteiger partial charge is 0.332 e. The van der Waals surface area contributed by atoms with E-state index in [9.17, 15) is 9.59 Å². The summed E-state index contributed by atoms with van der Waals surface area (Å²) in [5.41, 5.74) is 3.33. The molecule has 0 aliphatic carbocycles. The average molecular weight is 257 g/mol. The second kappa shape index (κ2) is 4.42. The number of aromatic amines is 2. The van der Waals surface area contributed by atoms with Crippen LogP contribution in [0, 0.1) is 6.92 Å². The number of aryl methyl sites for hydroxylation is 1. The van der Waals surface area contributed by atoms with Gasteiger partial charge in [-0.25, -0.2) is 0 Å². The van der Waals surface area contributed by atoms with E-state index in [2.05, 4.69) is 10.2 Å². The molecule has 1 aliphatic heterocycles. The molecule has 5 heteroatoms. The van der Waals surface area contributed by atoms with E-state index in [0.29, 0.717) is 25.1 Å². The Balaban J connectivity index is 1.83. The highest BCUT2D eigenvalue weighted by Gasteiger charge is 2.24. The van der Waals surface area contributed by atoms with Gasteiger partial charge in [0.15, 0.2) is 0 Å². The summed E-state index contributed by atoms with van der Waals surface area (Å²) < 4.78 is 0. The summed E-state index contributed by atoms with van der Waals surface area (Å²) in [4.78, 5) is 25.6. The lowest BCUT2D eigenvalue weighted by Crippen LogP contribution is -2.36. The molecule has 1 aromatic heterocycles. The van der Waals surface area contributed by atoms with E-state index < -0.39 is 0 Å². The lowest BCUT2D eigenvalue weighted by atomic mass is 10.1. The lowest BCUT2D eigenvalue weighted by Gasteiger charge is -2.26. The van der Waals surface area contributed by atoms with Gasteiger partial charge in [-0.15, -0.1) is 0 Å². The second-order valence-electron chi connectivity index (χ2n) is 4.88. The number of benzene rings is 1. The molecule has 3 rings (SSSR count). The summed E-state index contributed by atoms with van der Waals surface area (Å²) in [6.07, 6.45) is 0.603. The highest BCUT2D eigenvalue weighted by molar-refractivity contribution is 5.94. The SMILES string of the molecule is Cc1ccc(C(=O)N2CCc3c([nH][nH]c3=O)C2)cc1. The minimum atomic E-state index is -0.0718. The van der Waals surface area contributed by atoms with Crippen molar-refractivity contribution in [2.45, 2.75) is 19.9 Å². The van der Waals surface area contributed by atoms with E-state index in [1.165, 1.54) is 0 Å². The van der Waals surface area contributed by atoms with Gasteiger partial charge in [0.2, 0.25) is 0 Å². The number of carbonyl (C=O) groups excluding carboxylic acids is 1. The van der Waals surface area contributed by atoms with E-state index in [1.54, 1.807) is 4.90 Å². The van der Waals surface area contributed by atoms with Crippen molar-refractivity contribution in [3.8, 4) is 0 Å². The highest BCUT2D eigenvalue weighted by Crippen LogP contribution is 2.16. The van der Waals surface area contributed by atoms with Crippen molar-refractivity contribution in [1.29, 1.82) is 0 Å². The smallest absolute Gasteiger partial charge is 0.267 e. The third-order valence-electron chi connectivity index (χ3n) is 3.53. The zero-order valence-electron chi connectivity index (χ0n) is 10.7. The van der Waals surface area contributed by atoms with E-state index in [0.717, 1.165) is 16.8 Å². The van der Waals surface area contributed by atoms with Crippen LogP contribution in [0.3, 0.4) is 0 Å². The number of amides is 1. The quantitative estimate of drug-likeness (QED) is 0.806. The van der Waals surface area contributed by atoms with Gasteiger partial charge in [-0.3, -0.25) is 14.7 Å². The number of carbonyl (C=O) groups is 1. The van der Waals surface area contributed by atoms with Crippen LogP contribution in [0.25, 0.3) is 0 Å². The Hall–Kier alpha value is -2.30. The number of aromatic nitrogens is 2. The van der Waals surface area contributed by atoms with Crippen molar-refractivity contribution in [2.75, 3.05) is 6.54 Å². The molecule has 0 unspecified atom stereocenters. The van der Waals surface area contributed by atoms with Crippen LogP contribution in [0.4, 0.5) is 0 Å². The molecule has 0 bridgehead atoms. The lowest BCUT2D eigenvalue weighted by molar-refractivity contribution is 0.0732. The molecule has 98 valence electrons. The van der Waals surface area contributed by atoms with Gasteiger partial charge in [-0.2, -0.15) is 0 Å². The van der Waals surface area contributed by atoms with Gasteiger partial charge in [-0.1, -0.05) is 17.7 Å². The second-order valence-corrected chi connectivity index (χ2v) is 4.88. The third-order valence-corrected chi connectivity index (χ3v) is 3.53. The molecule has 0 atom stereocenters. The van der Waals surface area contributed by atoms with Gasteiger partial charge < -0.3 is 10.00 Å². The maximum Gasteiger partial charge on any atom is 0.267 e. The van der Waals surface area contributed by atoms with Gasteiger partial charge in [-0.05, 0) is 25.5 Å². The summed E-state index contributed by atoms with van der Waals surface area (Å²) in [5, 5.41) is 5.41. The van der Waals surface area contributed by atoms with Crippen molar-refractivity contribution in [1.82, 2.24) is 15.1 Å². The number of hydrogen-bond donors (Lipinski definition) is 2. The Morgan fingerprint density at radius 1 is 1.21 bits per heavy atom. The van der Waals surface area contributed by atoms with Crippen LogP contribution in [0.15, 0.2) is 29.1 Å². The first-order valence-corrected chi connectivity index (χ1v) is 6.29. The fourth-order valence-electron chi connectivity index (χ4n) is 2.39. The first kappa shape index (κ1) is 11.8. The van der Waals surface area contributed by atoms with Crippen molar-refractivity contribution < 1.29 is 4.79 Å². The molecule has 1 aromatic carbocycles. The molecule has 0 saturated carbocycles. The van der Waals surface area contributed by atoms with E-state index in [1.807, 2.05) is 31.2 Å². The van der Waals surface area contributed by atoms with Crippen LogP contribution in [0.1, 0.15) is 27.2 Å². The normalized spacial score (nSPS) is 14.3. The molecule has 0 radical (unpaired) electrons. The van der Waals surface area contributed by atoms with Crippen molar-refractivity contribution in [3.63, 3.8) is 0 Å². The molecule has 5 nitrogen and oxygen atoms in total. The molecule has 2 N–H and O–H groups in total. The van der Waals surface area contributed by atoms with Gasteiger partial charge in [0, 0.05) is 17.7 Å². The Morgan fingerprint density at radius 3 is 2.68 bits per heavy atom. The van der Waals surface area contributed by atoms with Gasteiger partial charge in [0.05, 0.1) is 12.2 Å². The van der Waals surface area contributed by atoms with Crippen LogP contribution in [-0.2, 0) is 13.0 Å². The molecule has 0 saturated heterocycles. The van der Waals surface area contributed by atoms with E-state index in [-0.39, 0.29) is 11.5 Å². The van der Waals surface area contributed by atoms with Crippen molar-refractivity contribution in [3.05, 3.63) is 57.0 Å². The van der Waals surface area contributed by atoms with Crippen LogP contribution >= 0.6 is 0 Å². The number of nitrogens with zero attached hydrogens (tertiary/aromatic N) is 1. The number of nitrogens with one attached hydrogen (secondary N) is 2. The molecule has 19 heavy (non-hydrogen) atoms. The Kier molecular flexibility index (Phi) is 2.74. The monoisotopic (exact) mass is 257 g/mol. The Labute approximate surface area is 110 Å². The third kappa shape index (κ3) is 2.07. The van der Waals surface area contributed by atoms with Crippen LogP contribution in [-0.4, -0.2) is 27.5 Å². The van der Waals surface area contributed by atoms with Gasteiger partial charge in [0.25, 0.3) is 11.5 Å². The number of rotatable bonds is 1. The maximum atomic E-state index is 12.4. The average Bonchev–Trinajstić information content (AvgIpc) is 2.80. The molecular formula is C14H15N3O2. The first-order chi connectivity index (χ1) is 9.15. The zero-order valence-corrected chi connectivity index (χ0v) is 10.7. The topological polar surface area (TPSA) is 69.0 Å². The fraction of sp³-hybridized carbons (Fsp3) is 0.286.